The second kappa shape index (κ2) is 8.15. The maximum absolute atomic E-state index is 5.41. The molecule has 0 aliphatic heterocycles. The van der Waals surface area contributed by atoms with E-state index in [0.717, 1.165) is 10.2 Å². The minimum absolute atomic E-state index is 0.00617. The second-order valence-electron chi connectivity index (χ2n) is 2.35. The van der Waals surface area contributed by atoms with Crippen molar-refractivity contribution in [1.82, 2.24) is 4.90 Å². The zero-order valence-corrected chi connectivity index (χ0v) is 11.0. The molecule has 0 bridgehead atoms. The largest absolute Gasteiger partial charge is 0.312 e. The molecule has 0 radical (unpaired) electrons. The van der Waals surface area contributed by atoms with Crippen molar-refractivity contribution in [2.45, 2.75) is 9.84 Å². The lowest BCUT2D eigenvalue weighted by Gasteiger charge is -1.97. The van der Waals surface area contributed by atoms with Crippen LogP contribution in [0.2, 0.25) is 0 Å². The lowest BCUT2D eigenvalue weighted by atomic mass is 10.9. The number of rotatable bonds is 1. The molecule has 1 unspecified atom stereocenters. The molecule has 0 aliphatic rings. The van der Waals surface area contributed by atoms with Crippen molar-refractivity contribution in [3.05, 3.63) is 0 Å². The van der Waals surface area contributed by atoms with Crippen LogP contribution in [0.3, 0.4) is 0 Å². The summed E-state index contributed by atoms with van der Waals surface area (Å²) in [6.45, 7) is 0. The lowest BCUT2D eigenvalue weighted by molar-refractivity contribution is 0.505. The summed E-state index contributed by atoms with van der Waals surface area (Å²) in [6.07, 6.45) is 0. The van der Waals surface area contributed by atoms with Gasteiger partial charge in [-0.05, 0) is 21.1 Å². The molecule has 64 valence electrons. The monoisotopic (exact) mass is 221 g/mol. The maximum Gasteiger partial charge on any atom is 0.120 e. The van der Waals surface area contributed by atoms with Crippen molar-refractivity contribution in [3.8, 4) is 0 Å². The first-order valence-corrected chi connectivity index (χ1v) is 5.37. The van der Waals surface area contributed by atoms with Gasteiger partial charge in [0.2, 0.25) is 0 Å². The summed E-state index contributed by atoms with van der Waals surface area (Å²) in [5.74, 6) is 0. The summed E-state index contributed by atoms with van der Waals surface area (Å²) < 4.78 is 0. The number of alkyl halides is 3. The van der Waals surface area contributed by atoms with E-state index >= 15 is 0 Å². The molecule has 0 aromatic rings. The summed E-state index contributed by atoms with van der Waals surface area (Å²) in [7, 11) is 6.85. The molecular formula is C5H14Cl3NSi. The summed E-state index contributed by atoms with van der Waals surface area (Å²) in [5, 5.41) is -0.00617. The fourth-order valence-corrected chi connectivity index (χ4v) is 0. The van der Waals surface area contributed by atoms with E-state index in [1.54, 1.807) is 0 Å². The van der Waals surface area contributed by atoms with Gasteiger partial charge in [-0.3, -0.25) is 0 Å². The maximum atomic E-state index is 5.41. The fraction of sp³-hybridized carbons (Fsp3) is 1.00. The zero-order valence-electron chi connectivity index (χ0n) is 6.74. The van der Waals surface area contributed by atoms with Gasteiger partial charge in [0.15, 0.2) is 0 Å². The Bertz CT molecular complexity index is 59.2. The van der Waals surface area contributed by atoms with Gasteiger partial charge in [-0.1, -0.05) is 0 Å². The molecular weight excluding hydrogens is 209 g/mol. The highest BCUT2D eigenvalue weighted by molar-refractivity contribution is 6.55. The molecule has 0 rings (SSSR count). The van der Waals surface area contributed by atoms with Crippen LogP contribution in [0, 0.1) is 0 Å². The van der Waals surface area contributed by atoms with Crippen LogP contribution in [0.4, 0.5) is 0 Å². The van der Waals surface area contributed by atoms with Crippen molar-refractivity contribution < 1.29 is 0 Å². The van der Waals surface area contributed by atoms with E-state index in [-0.39, 0.29) is 9.84 Å². The first-order valence-electron chi connectivity index (χ1n) is 2.91. The molecule has 0 fully saturated rings. The van der Waals surface area contributed by atoms with Crippen molar-refractivity contribution in [1.29, 1.82) is 0 Å². The Labute approximate surface area is 81.0 Å². The smallest absolute Gasteiger partial charge is 0.120 e. The van der Waals surface area contributed by atoms with Crippen LogP contribution in [0.15, 0.2) is 0 Å². The molecule has 0 heterocycles. The van der Waals surface area contributed by atoms with Crippen molar-refractivity contribution in [2.75, 3.05) is 21.1 Å². The van der Waals surface area contributed by atoms with Gasteiger partial charge in [-0.2, -0.15) is 0 Å². The molecule has 1 nitrogen and oxygen atoms in total. The van der Waals surface area contributed by atoms with E-state index in [2.05, 4.69) is 0 Å². The van der Waals surface area contributed by atoms with E-state index in [4.69, 9.17) is 34.8 Å². The summed E-state index contributed by atoms with van der Waals surface area (Å²) >= 11 is 16.0. The van der Waals surface area contributed by atoms with Gasteiger partial charge in [0.25, 0.3) is 0 Å². The molecule has 0 aromatic heterocycles. The van der Waals surface area contributed by atoms with E-state index < -0.39 is 0 Å². The predicted molar refractivity (Wildman–Crippen MR) is 54.7 cm³/mol. The van der Waals surface area contributed by atoms with Gasteiger partial charge >= 0.3 is 0 Å². The number of hydrogen-bond acceptors (Lipinski definition) is 1. The zero-order chi connectivity index (χ0) is 8.73. The van der Waals surface area contributed by atoms with Crippen LogP contribution in [0.1, 0.15) is 0 Å². The Morgan fingerprint density at radius 1 is 1.10 bits per heavy atom. The van der Waals surface area contributed by atoms with Gasteiger partial charge in [-0.15, -0.1) is 34.8 Å². The number of hydrogen-bond donors (Lipinski definition) is 0. The highest BCUT2D eigenvalue weighted by Gasteiger charge is 2.04. The topological polar surface area (TPSA) is 3.24 Å². The van der Waals surface area contributed by atoms with Crippen molar-refractivity contribution >= 4 is 45.0 Å². The van der Waals surface area contributed by atoms with E-state index in [0.29, 0.717) is 0 Å². The third kappa shape index (κ3) is 23.0. The molecule has 1 atom stereocenters. The number of halogens is 3. The Hall–Kier alpha value is 1.05. The predicted octanol–water partition coefficient (Wildman–Crippen LogP) is 0.898. The average Bonchev–Trinajstić information content (AvgIpc) is 1.63. The third-order valence-electron chi connectivity index (χ3n) is 0.347. The Morgan fingerprint density at radius 3 is 1.20 bits per heavy atom. The van der Waals surface area contributed by atoms with Crippen LogP contribution in [0.5, 0.6) is 0 Å². The highest BCUT2D eigenvalue weighted by Crippen LogP contribution is 2.09. The summed E-state index contributed by atoms with van der Waals surface area (Å²) in [5.41, 5.74) is 0. The van der Waals surface area contributed by atoms with Crippen LogP contribution in [-0.4, -0.2) is 46.1 Å². The minimum Gasteiger partial charge on any atom is -0.312 e. The van der Waals surface area contributed by atoms with Gasteiger partial charge in [0, 0.05) is 15.2 Å². The normalized spacial score (nSPS) is 13.2. The molecule has 0 saturated carbocycles. The first kappa shape index (κ1) is 13.6. The minimum atomic E-state index is -0.377. The fourth-order valence-electron chi connectivity index (χ4n) is 0. The standard InChI is InChI=1S/C3H9N.C2H5Cl3Si/c1-4(2)3;3-1(4)2(5)6/h1-3H3;1-2H,6H3. The molecule has 0 amide bonds. The van der Waals surface area contributed by atoms with Gasteiger partial charge in [0.1, 0.15) is 4.84 Å². The Morgan fingerprint density at radius 2 is 1.20 bits per heavy atom. The first-order chi connectivity index (χ1) is 4.37. The van der Waals surface area contributed by atoms with Crippen LogP contribution in [-0.2, 0) is 0 Å². The molecule has 0 aliphatic carbocycles. The van der Waals surface area contributed by atoms with Gasteiger partial charge in [0.05, 0.1) is 0 Å². The van der Waals surface area contributed by atoms with Gasteiger partial charge in [-0.25, -0.2) is 0 Å². The second-order valence-corrected chi connectivity index (χ2v) is 6.18. The van der Waals surface area contributed by atoms with E-state index in [1.165, 1.54) is 0 Å². The average molecular weight is 223 g/mol. The number of nitrogens with zero attached hydrogens (tertiary/aromatic N) is 1. The molecule has 0 saturated heterocycles. The molecule has 5 heteroatoms. The SMILES string of the molecule is CN(C)C.[SiH3]C(Cl)C(Cl)Cl. The van der Waals surface area contributed by atoms with Crippen LogP contribution in [0.25, 0.3) is 0 Å². The van der Waals surface area contributed by atoms with Crippen molar-refractivity contribution in [3.63, 3.8) is 0 Å². The van der Waals surface area contributed by atoms with Gasteiger partial charge < -0.3 is 4.90 Å². The van der Waals surface area contributed by atoms with E-state index in [1.807, 2.05) is 26.0 Å². The van der Waals surface area contributed by atoms with Crippen LogP contribution < -0.4 is 0 Å². The highest BCUT2D eigenvalue weighted by atomic mass is 35.5. The summed E-state index contributed by atoms with van der Waals surface area (Å²) in [4.78, 5) is 1.62. The van der Waals surface area contributed by atoms with Crippen LogP contribution >= 0.6 is 34.8 Å². The van der Waals surface area contributed by atoms with Crippen molar-refractivity contribution in [2.24, 2.45) is 0 Å². The third-order valence-corrected chi connectivity index (χ3v) is 3.12. The Balaban J connectivity index is 0. The molecule has 0 N–H and O–H groups in total. The molecule has 0 spiro atoms. The Kier molecular flexibility index (Phi) is 11.1. The molecule has 10 heavy (non-hydrogen) atoms. The van der Waals surface area contributed by atoms with E-state index in [9.17, 15) is 0 Å². The quantitative estimate of drug-likeness (QED) is 0.471. The lowest BCUT2D eigenvalue weighted by Crippen LogP contribution is -2.06. The molecule has 0 aromatic carbocycles. The summed E-state index contributed by atoms with van der Waals surface area (Å²) in [6, 6.07) is 0.